The van der Waals surface area contributed by atoms with Crippen LogP contribution in [0.25, 0.3) is 0 Å². The Morgan fingerprint density at radius 1 is 1.17 bits per heavy atom. The van der Waals surface area contributed by atoms with Gasteiger partial charge in [0.15, 0.2) is 16.6 Å². The number of hydroxylamine groups is 1. The molecule has 1 spiro atoms. The first-order valence-electron chi connectivity index (χ1n) is 11.0. The Morgan fingerprint density at radius 3 is 2.66 bits per heavy atom. The third-order valence-corrected chi connectivity index (χ3v) is 6.40. The molecular formula is C24H27ClN4O5S. The van der Waals surface area contributed by atoms with Gasteiger partial charge in [-0.3, -0.25) is 4.84 Å². The smallest absolute Gasteiger partial charge is 0.414 e. The standard InChI is InChI=1S/C24H27ClN4O5S/c1-31-19-7-6-16(12-20(19)32-2)15-26-23(30)33-21-14-24(34-28-21)8-10-29(11-9-24)22(35)27-18-5-3-4-17(25)13-18/h3-7,12-14,28H,8-11,15H2,1-2H3,(H,26,30)(H,27,35). The second-order valence-electron chi connectivity index (χ2n) is 8.14. The van der Waals surface area contributed by atoms with Crippen LogP contribution in [0.1, 0.15) is 18.4 Å². The van der Waals surface area contributed by atoms with Crippen LogP contribution in [0.2, 0.25) is 5.02 Å². The van der Waals surface area contributed by atoms with E-state index in [4.69, 9.17) is 42.9 Å². The van der Waals surface area contributed by atoms with Gasteiger partial charge in [-0.25, -0.2) is 10.3 Å². The van der Waals surface area contributed by atoms with Gasteiger partial charge in [0.05, 0.1) is 14.2 Å². The van der Waals surface area contributed by atoms with E-state index in [1.54, 1.807) is 26.4 Å². The maximum absolute atomic E-state index is 12.3. The van der Waals surface area contributed by atoms with Crippen molar-refractivity contribution in [2.45, 2.75) is 25.0 Å². The van der Waals surface area contributed by atoms with E-state index in [1.807, 2.05) is 36.4 Å². The number of ether oxygens (including phenoxy) is 3. The molecule has 3 N–H and O–H groups in total. The highest BCUT2D eigenvalue weighted by molar-refractivity contribution is 7.80. The van der Waals surface area contributed by atoms with Crippen LogP contribution >= 0.6 is 23.8 Å². The fraction of sp³-hybridized carbons (Fsp3) is 0.333. The van der Waals surface area contributed by atoms with Crippen molar-refractivity contribution < 1.29 is 23.8 Å². The van der Waals surface area contributed by atoms with Crippen molar-refractivity contribution in [3.8, 4) is 11.5 Å². The van der Waals surface area contributed by atoms with Gasteiger partial charge in [-0.15, -0.1) is 0 Å². The highest BCUT2D eigenvalue weighted by atomic mass is 35.5. The van der Waals surface area contributed by atoms with Crippen LogP contribution in [0.4, 0.5) is 10.5 Å². The number of nitrogens with one attached hydrogen (secondary N) is 3. The number of alkyl carbamates (subject to hydrolysis) is 1. The van der Waals surface area contributed by atoms with E-state index < -0.39 is 11.7 Å². The lowest BCUT2D eigenvalue weighted by molar-refractivity contribution is -0.0739. The molecule has 0 aromatic heterocycles. The summed E-state index contributed by atoms with van der Waals surface area (Å²) in [7, 11) is 3.13. The highest BCUT2D eigenvalue weighted by Gasteiger charge is 2.40. The second kappa shape index (κ2) is 11.0. The average Bonchev–Trinajstić information content (AvgIpc) is 3.24. The van der Waals surface area contributed by atoms with Gasteiger partial charge < -0.3 is 29.7 Å². The summed E-state index contributed by atoms with van der Waals surface area (Å²) in [4.78, 5) is 20.2. The SMILES string of the molecule is COc1ccc(CNC(=O)OC2=CC3(CCN(C(=S)Nc4cccc(Cl)c4)CC3)ON2)cc1OC. The summed E-state index contributed by atoms with van der Waals surface area (Å²) >= 11 is 11.6. The Hall–Kier alpha value is -3.21. The second-order valence-corrected chi connectivity index (χ2v) is 8.96. The molecule has 1 fully saturated rings. The number of rotatable bonds is 6. The summed E-state index contributed by atoms with van der Waals surface area (Å²) in [5.41, 5.74) is 3.86. The number of hydrogen-bond acceptors (Lipinski definition) is 7. The van der Waals surface area contributed by atoms with Gasteiger partial charge in [0.2, 0.25) is 5.88 Å². The van der Waals surface area contributed by atoms with E-state index in [1.165, 1.54) is 0 Å². The lowest BCUT2D eigenvalue weighted by atomic mass is 9.92. The Kier molecular flexibility index (Phi) is 7.84. The number of hydrogen-bond donors (Lipinski definition) is 3. The predicted molar refractivity (Wildman–Crippen MR) is 136 cm³/mol. The molecule has 35 heavy (non-hydrogen) atoms. The molecule has 2 aliphatic heterocycles. The fourth-order valence-corrected chi connectivity index (χ4v) is 4.40. The van der Waals surface area contributed by atoms with Crippen LogP contribution in [-0.2, 0) is 16.1 Å². The molecule has 2 aliphatic rings. The van der Waals surface area contributed by atoms with Crippen LogP contribution in [0.3, 0.4) is 0 Å². The molecule has 0 aliphatic carbocycles. The summed E-state index contributed by atoms with van der Waals surface area (Å²) in [6.07, 6.45) is 2.58. The molecule has 2 aromatic rings. The van der Waals surface area contributed by atoms with Gasteiger partial charge in [0.1, 0.15) is 5.60 Å². The van der Waals surface area contributed by atoms with Crippen molar-refractivity contribution in [2.24, 2.45) is 0 Å². The van der Waals surface area contributed by atoms with Gasteiger partial charge in [0, 0.05) is 49.3 Å². The summed E-state index contributed by atoms with van der Waals surface area (Å²) in [6, 6.07) is 12.8. The summed E-state index contributed by atoms with van der Waals surface area (Å²) in [6.45, 7) is 1.64. The minimum atomic E-state index is -0.594. The Labute approximate surface area is 214 Å². The number of benzene rings is 2. The first-order chi connectivity index (χ1) is 16.9. The minimum absolute atomic E-state index is 0.267. The van der Waals surface area contributed by atoms with Gasteiger partial charge in [-0.1, -0.05) is 23.7 Å². The first-order valence-corrected chi connectivity index (χ1v) is 11.8. The van der Waals surface area contributed by atoms with Gasteiger partial charge in [-0.2, -0.15) is 0 Å². The minimum Gasteiger partial charge on any atom is -0.493 e. The summed E-state index contributed by atoms with van der Waals surface area (Å²) < 4.78 is 15.9. The average molecular weight is 519 g/mol. The highest BCUT2D eigenvalue weighted by Crippen LogP contribution is 2.32. The Bertz CT molecular complexity index is 1120. The lowest BCUT2D eigenvalue weighted by Crippen LogP contribution is -2.48. The van der Waals surface area contributed by atoms with E-state index in [0.717, 1.165) is 11.3 Å². The zero-order valence-corrected chi connectivity index (χ0v) is 21.0. The summed E-state index contributed by atoms with van der Waals surface area (Å²) in [5, 5.41) is 7.21. The largest absolute Gasteiger partial charge is 0.493 e. The van der Waals surface area contributed by atoms with E-state index in [9.17, 15) is 4.79 Å². The van der Waals surface area contributed by atoms with Crippen LogP contribution in [-0.4, -0.2) is 49.0 Å². The lowest BCUT2D eigenvalue weighted by Gasteiger charge is -2.37. The topological polar surface area (TPSA) is 93.3 Å². The number of carbonyl (C=O) groups excluding carboxylic acids is 1. The third-order valence-electron chi connectivity index (χ3n) is 5.81. The molecule has 0 unspecified atom stereocenters. The predicted octanol–water partition coefficient (Wildman–Crippen LogP) is 4.19. The number of halogens is 1. The van der Waals surface area contributed by atoms with Gasteiger partial charge in [0.25, 0.3) is 0 Å². The van der Waals surface area contributed by atoms with Crippen molar-refractivity contribution >= 4 is 40.7 Å². The van der Waals surface area contributed by atoms with Crippen LogP contribution in [0.15, 0.2) is 54.4 Å². The number of likely N-dealkylation sites (tertiary alicyclic amines) is 1. The number of methoxy groups -OCH3 is 2. The van der Waals surface area contributed by atoms with Crippen molar-refractivity contribution in [1.29, 1.82) is 0 Å². The molecule has 0 bridgehead atoms. The quantitative estimate of drug-likeness (QED) is 0.487. The molecule has 1 amide bonds. The molecule has 4 rings (SSSR count). The maximum atomic E-state index is 12.3. The van der Waals surface area contributed by atoms with E-state index in [2.05, 4.69) is 21.0 Å². The molecule has 2 heterocycles. The molecule has 0 radical (unpaired) electrons. The monoisotopic (exact) mass is 518 g/mol. The molecule has 11 heteroatoms. The third kappa shape index (κ3) is 6.27. The van der Waals surface area contributed by atoms with Crippen molar-refractivity contribution in [1.82, 2.24) is 15.7 Å². The van der Waals surface area contributed by atoms with E-state index in [-0.39, 0.29) is 12.4 Å². The molecule has 0 atom stereocenters. The van der Waals surface area contributed by atoms with E-state index >= 15 is 0 Å². The zero-order chi connectivity index (χ0) is 24.8. The Morgan fingerprint density at radius 2 is 1.94 bits per heavy atom. The summed E-state index contributed by atoms with van der Waals surface area (Å²) in [5.74, 6) is 1.47. The van der Waals surface area contributed by atoms with Crippen molar-refractivity contribution in [3.05, 3.63) is 65.0 Å². The van der Waals surface area contributed by atoms with Crippen molar-refractivity contribution in [3.63, 3.8) is 0 Å². The van der Waals surface area contributed by atoms with Crippen LogP contribution in [0, 0.1) is 0 Å². The molecule has 2 aromatic carbocycles. The molecular weight excluding hydrogens is 492 g/mol. The zero-order valence-electron chi connectivity index (χ0n) is 19.4. The number of amides is 1. The molecule has 9 nitrogen and oxygen atoms in total. The van der Waals surface area contributed by atoms with Crippen LogP contribution < -0.4 is 25.6 Å². The van der Waals surface area contributed by atoms with Crippen LogP contribution in [0.5, 0.6) is 11.5 Å². The Balaban J connectivity index is 1.25. The molecule has 186 valence electrons. The van der Waals surface area contributed by atoms with Crippen molar-refractivity contribution in [2.75, 3.05) is 32.6 Å². The number of piperidine rings is 1. The van der Waals surface area contributed by atoms with Gasteiger partial charge >= 0.3 is 6.09 Å². The molecule has 0 saturated carbocycles. The van der Waals surface area contributed by atoms with Gasteiger partial charge in [-0.05, 0) is 48.1 Å². The van der Waals surface area contributed by atoms with E-state index in [0.29, 0.717) is 47.6 Å². The molecule has 1 saturated heterocycles. The first kappa shape index (κ1) is 24.9. The number of carbonyl (C=O) groups is 1. The maximum Gasteiger partial charge on any atom is 0.414 e. The number of nitrogens with zero attached hydrogens (tertiary/aromatic N) is 1. The normalized spacial score (nSPS) is 16.2. The fourth-order valence-electron chi connectivity index (χ4n) is 3.90. The number of thiocarbonyl (C=S) groups is 1. The number of anilines is 1.